The average molecular weight is 725 g/mol. The fourth-order valence-corrected chi connectivity index (χ4v) is 12.3. The summed E-state index contributed by atoms with van der Waals surface area (Å²) in [5.41, 5.74) is 3.69. The number of amides is 2. The first kappa shape index (κ1) is 39.0. The molecule has 0 aliphatic carbocycles. The Morgan fingerprint density at radius 3 is 2.29 bits per heavy atom. The Labute approximate surface area is 311 Å². The van der Waals surface area contributed by atoms with Crippen LogP contribution in [-0.2, 0) is 26.5 Å². The molecular weight excluding hydrogens is 669 g/mol. The first-order valence-corrected chi connectivity index (χ1v) is 21.5. The largest absolute Gasteiger partial charge is 0.497 e. The minimum atomic E-state index is -2.47. The van der Waals surface area contributed by atoms with E-state index in [4.69, 9.17) is 14.2 Å². The number of carbonyl (C=O) groups is 2. The summed E-state index contributed by atoms with van der Waals surface area (Å²) in [6, 6.07) is 23.8. The first-order chi connectivity index (χ1) is 24.9. The van der Waals surface area contributed by atoms with Gasteiger partial charge in [0.25, 0.3) is 5.91 Å². The number of carbonyl (C=O) groups excluding carboxylic acids is 2. The number of nitrogens with zero attached hydrogens (tertiary/aromatic N) is 2. The van der Waals surface area contributed by atoms with E-state index in [0.717, 1.165) is 35.4 Å². The fraction of sp³-hybridized carbons (Fsp3) is 0.442. The molecule has 2 aliphatic rings. The molecule has 1 N–H and O–H groups in total. The third-order valence-corrected chi connectivity index (χ3v) is 15.4. The van der Waals surface area contributed by atoms with Crippen LogP contribution in [0.5, 0.6) is 11.5 Å². The summed E-state index contributed by atoms with van der Waals surface area (Å²) in [4.78, 5) is 33.0. The number of ether oxygens (including phenoxy) is 3. The minimum Gasteiger partial charge on any atom is -0.497 e. The molecule has 0 radical (unpaired) electrons. The molecule has 5 rings (SSSR count). The van der Waals surface area contributed by atoms with Gasteiger partial charge in [-0.2, -0.15) is 0 Å². The van der Waals surface area contributed by atoms with Gasteiger partial charge < -0.3 is 29.1 Å². The highest BCUT2D eigenvalue weighted by molar-refractivity contribution is 6.91. The van der Waals surface area contributed by atoms with Crippen molar-refractivity contribution in [2.75, 3.05) is 38.8 Å². The number of hydrogen-bond acceptors (Lipinski definition) is 6. The topological polar surface area (TPSA) is 88.5 Å². The summed E-state index contributed by atoms with van der Waals surface area (Å²) in [7, 11) is 0.820. The molecule has 2 aliphatic heterocycles. The molecule has 2 heterocycles. The monoisotopic (exact) mass is 724 g/mol. The normalized spacial score (nSPS) is 21.3. The van der Waals surface area contributed by atoms with Crippen LogP contribution in [0.25, 0.3) is 0 Å². The summed E-state index contributed by atoms with van der Waals surface area (Å²) in [6.07, 6.45) is 5.80. The van der Waals surface area contributed by atoms with E-state index in [1.54, 1.807) is 19.1 Å². The van der Waals surface area contributed by atoms with Crippen LogP contribution in [0, 0.1) is 5.92 Å². The predicted molar refractivity (Wildman–Crippen MR) is 211 cm³/mol. The van der Waals surface area contributed by atoms with Gasteiger partial charge in [-0.1, -0.05) is 91.0 Å². The van der Waals surface area contributed by atoms with Crippen molar-refractivity contribution in [2.45, 2.75) is 83.8 Å². The van der Waals surface area contributed by atoms with Gasteiger partial charge in [0.2, 0.25) is 5.91 Å². The van der Waals surface area contributed by atoms with Crippen molar-refractivity contribution < 1.29 is 28.9 Å². The lowest BCUT2D eigenvalue weighted by molar-refractivity contribution is -0.149. The van der Waals surface area contributed by atoms with Gasteiger partial charge in [-0.25, -0.2) is 0 Å². The molecule has 0 saturated carbocycles. The molecule has 1 saturated heterocycles. The van der Waals surface area contributed by atoms with E-state index in [2.05, 4.69) is 65.1 Å². The maximum absolute atomic E-state index is 15.1. The van der Waals surface area contributed by atoms with Gasteiger partial charge in [-0.3, -0.25) is 9.59 Å². The summed E-state index contributed by atoms with van der Waals surface area (Å²) < 4.78 is 18.4. The zero-order valence-corrected chi connectivity index (χ0v) is 33.1. The number of allylic oxidation sites excluding steroid dienone is 3. The van der Waals surface area contributed by atoms with Gasteiger partial charge in [-0.05, 0) is 75.0 Å². The molecule has 0 bridgehead atoms. The van der Waals surface area contributed by atoms with Crippen LogP contribution >= 0.6 is 0 Å². The third-order valence-electron chi connectivity index (χ3n) is 11.1. The van der Waals surface area contributed by atoms with E-state index in [9.17, 15) is 9.90 Å². The number of aliphatic hydroxyl groups is 1. The maximum Gasteiger partial charge on any atom is 0.264 e. The summed E-state index contributed by atoms with van der Waals surface area (Å²) in [6.45, 7) is 13.9. The first-order valence-electron chi connectivity index (χ1n) is 18.4. The Kier molecular flexibility index (Phi) is 12.5. The Morgan fingerprint density at radius 2 is 1.65 bits per heavy atom. The van der Waals surface area contributed by atoms with Gasteiger partial charge >= 0.3 is 0 Å². The quantitative estimate of drug-likeness (QED) is 0.130. The van der Waals surface area contributed by atoms with Crippen molar-refractivity contribution >= 4 is 30.8 Å². The minimum absolute atomic E-state index is 0.0894. The van der Waals surface area contributed by atoms with Gasteiger partial charge in [0, 0.05) is 31.1 Å². The highest BCUT2D eigenvalue weighted by atomic mass is 28.3. The molecule has 3 aromatic carbocycles. The van der Waals surface area contributed by atoms with Crippen molar-refractivity contribution in [1.29, 1.82) is 0 Å². The number of anilines is 1. The van der Waals surface area contributed by atoms with E-state index in [1.807, 2.05) is 65.6 Å². The molecule has 4 atom stereocenters. The maximum atomic E-state index is 15.1. The lowest BCUT2D eigenvalue weighted by Gasteiger charge is -2.37. The van der Waals surface area contributed by atoms with Crippen molar-refractivity contribution in [3.8, 4) is 11.5 Å². The second-order valence-electron chi connectivity index (χ2n) is 15.1. The van der Waals surface area contributed by atoms with E-state index in [1.165, 1.54) is 16.3 Å². The Bertz CT molecular complexity index is 1770. The SMILES string of the molecule is COc1ccc([Si](C)(C)[C@@H]2[C@@H](CC(=O)N(CCO)Cc3ccccc3)O[C@]3(C(=O)N(C/C=C(\C)CCC=C(C)C)c4ccc(OC)cc43)[C@H]2C)cc1. The highest BCUT2D eigenvalue weighted by Crippen LogP contribution is 2.60. The Morgan fingerprint density at radius 1 is 0.981 bits per heavy atom. The smallest absolute Gasteiger partial charge is 0.264 e. The zero-order valence-electron chi connectivity index (χ0n) is 32.1. The molecule has 2 amide bonds. The number of rotatable bonds is 15. The Balaban J connectivity index is 1.57. The van der Waals surface area contributed by atoms with Crippen LogP contribution in [0.3, 0.4) is 0 Å². The molecule has 52 heavy (non-hydrogen) atoms. The number of fused-ring (bicyclic) bond motifs is 2. The number of aliphatic hydroxyl groups excluding tert-OH is 1. The van der Waals surface area contributed by atoms with Crippen LogP contribution in [0.15, 0.2) is 96.1 Å². The zero-order chi connectivity index (χ0) is 37.6. The van der Waals surface area contributed by atoms with E-state index in [-0.39, 0.29) is 42.8 Å². The standard InChI is InChI=1S/C43H56N2O6Si/c1-30(2)13-12-14-31(3)23-24-45-38-22-19-35(50-6)27-37(38)43(42(45)48)32(4)41(52(7,8)36-20-17-34(49-5)18-21-36)39(51-43)28-40(47)44(25-26-46)29-33-15-10-9-11-16-33/h9-11,13,15-23,27,32,39,41,46H,12,14,24-26,28-29H2,1-8H3/b31-23+/t32-,39+,41-,43+/m0/s1. The molecule has 8 nitrogen and oxygen atoms in total. The highest BCUT2D eigenvalue weighted by Gasteiger charge is 2.66. The molecule has 1 spiro atoms. The van der Waals surface area contributed by atoms with Crippen LogP contribution < -0.4 is 19.6 Å². The van der Waals surface area contributed by atoms with Crippen molar-refractivity contribution in [1.82, 2.24) is 4.90 Å². The number of hydrogen-bond donors (Lipinski definition) is 1. The van der Waals surface area contributed by atoms with E-state index >= 15 is 4.79 Å². The second-order valence-corrected chi connectivity index (χ2v) is 19.7. The molecule has 0 unspecified atom stereocenters. The lowest BCUT2D eigenvalue weighted by Crippen LogP contribution is -2.52. The third kappa shape index (κ3) is 7.92. The van der Waals surface area contributed by atoms with Crippen molar-refractivity contribution in [3.05, 3.63) is 107 Å². The number of benzene rings is 3. The summed E-state index contributed by atoms with van der Waals surface area (Å²) in [5, 5.41) is 11.2. The number of methoxy groups -OCH3 is 2. The van der Waals surface area contributed by atoms with E-state index < -0.39 is 19.8 Å². The molecular formula is C43H56N2O6Si. The fourth-order valence-electron chi connectivity index (χ4n) is 8.26. The molecule has 9 heteroatoms. The average Bonchev–Trinajstić information content (AvgIpc) is 3.56. The van der Waals surface area contributed by atoms with Gasteiger partial charge in [0.15, 0.2) is 5.60 Å². The van der Waals surface area contributed by atoms with Crippen molar-refractivity contribution in [3.63, 3.8) is 0 Å². The molecule has 1 fully saturated rings. The lowest BCUT2D eigenvalue weighted by atomic mass is 9.82. The summed E-state index contributed by atoms with van der Waals surface area (Å²) >= 11 is 0. The van der Waals surface area contributed by atoms with Gasteiger partial charge in [-0.15, -0.1) is 0 Å². The van der Waals surface area contributed by atoms with Crippen molar-refractivity contribution in [2.24, 2.45) is 5.92 Å². The van der Waals surface area contributed by atoms with Crippen LogP contribution in [-0.4, -0.2) is 69.9 Å². The van der Waals surface area contributed by atoms with Gasteiger partial charge in [0.1, 0.15) is 11.5 Å². The molecule has 0 aromatic heterocycles. The van der Waals surface area contributed by atoms with E-state index in [0.29, 0.717) is 18.8 Å². The predicted octanol–water partition coefficient (Wildman–Crippen LogP) is 7.37. The Hall–Kier alpha value is -4.18. The molecule has 3 aromatic rings. The summed E-state index contributed by atoms with van der Waals surface area (Å²) in [5.74, 6) is 0.949. The van der Waals surface area contributed by atoms with Crippen LogP contribution in [0.4, 0.5) is 5.69 Å². The van der Waals surface area contributed by atoms with Crippen LogP contribution in [0.2, 0.25) is 18.6 Å². The van der Waals surface area contributed by atoms with Gasteiger partial charge in [0.05, 0.1) is 47.1 Å². The second kappa shape index (κ2) is 16.7. The molecule has 278 valence electrons. The van der Waals surface area contributed by atoms with Crippen LogP contribution in [0.1, 0.15) is 58.1 Å².